The Bertz CT molecular complexity index is 547. The molecule has 1 aromatic rings. The first-order valence-electron chi connectivity index (χ1n) is 4.84. The summed E-state index contributed by atoms with van der Waals surface area (Å²) >= 11 is 0. The average molecular weight is 240 g/mol. The van der Waals surface area contributed by atoms with Crippen LogP contribution in [-0.2, 0) is 25.8 Å². The standard InChI is InChI=1S/C11H12O4S/c1-11(10(12)15-2)7-8-5-3-4-6-9(8)16(11,13)14/h3-6H,7H2,1-2H3/t11-/m1/s1. The summed E-state index contributed by atoms with van der Waals surface area (Å²) in [6.07, 6.45) is 0.179. The number of benzene rings is 1. The van der Waals surface area contributed by atoms with Gasteiger partial charge in [-0.25, -0.2) is 8.42 Å². The van der Waals surface area contributed by atoms with Crippen LogP contribution in [0.1, 0.15) is 12.5 Å². The van der Waals surface area contributed by atoms with E-state index >= 15 is 0 Å². The van der Waals surface area contributed by atoms with Crippen molar-refractivity contribution >= 4 is 15.8 Å². The Morgan fingerprint density at radius 3 is 2.56 bits per heavy atom. The molecule has 1 heterocycles. The molecule has 1 aliphatic rings. The van der Waals surface area contributed by atoms with Crippen molar-refractivity contribution in [3.63, 3.8) is 0 Å². The van der Waals surface area contributed by atoms with Crippen LogP contribution in [0.15, 0.2) is 29.2 Å². The van der Waals surface area contributed by atoms with E-state index in [2.05, 4.69) is 4.74 Å². The molecule has 16 heavy (non-hydrogen) atoms. The molecule has 0 unspecified atom stereocenters. The quantitative estimate of drug-likeness (QED) is 0.686. The second-order valence-electron chi connectivity index (χ2n) is 4.01. The molecule has 0 bridgehead atoms. The highest BCUT2D eigenvalue weighted by molar-refractivity contribution is 7.94. The maximum absolute atomic E-state index is 12.2. The monoisotopic (exact) mass is 240 g/mol. The van der Waals surface area contributed by atoms with E-state index in [9.17, 15) is 13.2 Å². The second kappa shape index (κ2) is 3.31. The molecular weight excluding hydrogens is 228 g/mol. The fraction of sp³-hybridized carbons (Fsp3) is 0.364. The third-order valence-corrected chi connectivity index (χ3v) is 5.47. The Hall–Kier alpha value is -1.36. The van der Waals surface area contributed by atoms with Crippen LogP contribution in [0.5, 0.6) is 0 Å². The van der Waals surface area contributed by atoms with E-state index in [0.29, 0.717) is 5.56 Å². The zero-order valence-electron chi connectivity index (χ0n) is 9.06. The molecule has 0 fully saturated rings. The fourth-order valence-corrected chi connectivity index (χ4v) is 3.89. The molecular formula is C11H12O4S. The van der Waals surface area contributed by atoms with Crippen LogP contribution in [0.4, 0.5) is 0 Å². The molecule has 1 aromatic carbocycles. The first kappa shape index (κ1) is 11.1. The van der Waals surface area contributed by atoms with Gasteiger partial charge in [0.15, 0.2) is 14.6 Å². The van der Waals surface area contributed by atoms with Crippen LogP contribution in [0.25, 0.3) is 0 Å². The number of sulfone groups is 1. The predicted octanol–water partition coefficient (Wildman–Crippen LogP) is 0.948. The van der Waals surface area contributed by atoms with Crippen LogP contribution in [0, 0.1) is 0 Å². The number of hydrogen-bond acceptors (Lipinski definition) is 4. The normalized spacial score (nSPS) is 26.1. The Balaban J connectivity index is 2.65. The molecule has 0 aromatic heterocycles. The number of ether oxygens (including phenoxy) is 1. The van der Waals surface area contributed by atoms with E-state index in [1.54, 1.807) is 18.2 Å². The summed E-state index contributed by atoms with van der Waals surface area (Å²) in [5.41, 5.74) is 0.676. The summed E-state index contributed by atoms with van der Waals surface area (Å²) in [7, 11) is -2.43. The summed E-state index contributed by atoms with van der Waals surface area (Å²) < 4.78 is 27.5. The van der Waals surface area contributed by atoms with Crippen molar-refractivity contribution in [3.8, 4) is 0 Å². The van der Waals surface area contributed by atoms with Gasteiger partial charge in [0.2, 0.25) is 0 Å². The zero-order valence-corrected chi connectivity index (χ0v) is 9.87. The Morgan fingerprint density at radius 2 is 2.00 bits per heavy atom. The van der Waals surface area contributed by atoms with Gasteiger partial charge in [0.05, 0.1) is 12.0 Å². The summed E-state index contributed by atoms with van der Waals surface area (Å²) in [5, 5.41) is 0. The molecule has 0 amide bonds. The van der Waals surface area contributed by atoms with Gasteiger partial charge in [-0.3, -0.25) is 4.79 Å². The number of esters is 1. The van der Waals surface area contributed by atoms with Gasteiger partial charge in [-0.15, -0.1) is 0 Å². The van der Waals surface area contributed by atoms with E-state index in [0.717, 1.165) is 0 Å². The maximum Gasteiger partial charge on any atom is 0.327 e. The molecule has 86 valence electrons. The largest absolute Gasteiger partial charge is 0.468 e. The van der Waals surface area contributed by atoms with Gasteiger partial charge in [0.1, 0.15) is 0 Å². The van der Waals surface area contributed by atoms with Gasteiger partial charge in [0, 0.05) is 6.42 Å². The average Bonchev–Trinajstić information content (AvgIpc) is 2.47. The number of rotatable bonds is 1. The van der Waals surface area contributed by atoms with Crippen molar-refractivity contribution in [1.29, 1.82) is 0 Å². The van der Waals surface area contributed by atoms with Crippen LogP contribution in [0.2, 0.25) is 0 Å². The fourth-order valence-electron chi connectivity index (χ4n) is 2.01. The predicted molar refractivity (Wildman–Crippen MR) is 57.8 cm³/mol. The van der Waals surface area contributed by atoms with E-state index in [1.165, 1.54) is 20.1 Å². The molecule has 4 nitrogen and oxygen atoms in total. The second-order valence-corrected chi connectivity index (χ2v) is 6.36. The Kier molecular flexibility index (Phi) is 2.31. The Labute approximate surface area is 94.2 Å². The van der Waals surface area contributed by atoms with Crippen molar-refractivity contribution in [2.24, 2.45) is 0 Å². The highest BCUT2D eigenvalue weighted by Crippen LogP contribution is 2.39. The first-order chi connectivity index (χ1) is 7.43. The smallest absolute Gasteiger partial charge is 0.327 e. The van der Waals surface area contributed by atoms with E-state index < -0.39 is 20.6 Å². The Morgan fingerprint density at radius 1 is 1.38 bits per heavy atom. The maximum atomic E-state index is 12.2. The van der Waals surface area contributed by atoms with Crippen molar-refractivity contribution in [2.75, 3.05) is 7.11 Å². The number of carbonyl (C=O) groups is 1. The van der Waals surface area contributed by atoms with Crippen LogP contribution >= 0.6 is 0 Å². The SMILES string of the molecule is COC(=O)[C@@]1(C)Cc2ccccc2S1(=O)=O. The molecule has 0 radical (unpaired) electrons. The van der Waals surface area contributed by atoms with Crippen molar-refractivity contribution in [1.82, 2.24) is 0 Å². The topological polar surface area (TPSA) is 60.4 Å². The van der Waals surface area contributed by atoms with Crippen molar-refractivity contribution < 1.29 is 17.9 Å². The molecule has 0 saturated carbocycles. The summed E-state index contributed by atoms with van der Waals surface area (Å²) in [6, 6.07) is 6.66. The van der Waals surface area contributed by atoms with Crippen LogP contribution in [-0.4, -0.2) is 26.2 Å². The summed E-state index contributed by atoms with van der Waals surface area (Å²) in [4.78, 5) is 11.9. The number of hydrogen-bond donors (Lipinski definition) is 0. The lowest BCUT2D eigenvalue weighted by atomic mass is 10.0. The van der Waals surface area contributed by atoms with Gasteiger partial charge in [-0.05, 0) is 18.6 Å². The molecule has 0 spiro atoms. The molecule has 0 aliphatic carbocycles. The summed E-state index contributed by atoms with van der Waals surface area (Å²) in [6.45, 7) is 1.41. The molecule has 0 saturated heterocycles. The molecule has 5 heteroatoms. The first-order valence-corrected chi connectivity index (χ1v) is 6.33. The third kappa shape index (κ3) is 1.21. The van der Waals surface area contributed by atoms with E-state index in [-0.39, 0.29) is 11.3 Å². The molecule has 2 rings (SSSR count). The van der Waals surface area contributed by atoms with Gasteiger partial charge in [-0.2, -0.15) is 0 Å². The third-order valence-electron chi connectivity index (χ3n) is 3.00. The summed E-state index contributed by atoms with van der Waals surface area (Å²) in [5.74, 6) is -0.705. The highest BCUT2D eigenvalue weighted by atomic mass is 32.2. The minimum absolute atomic E-state index is 0.179. The number of methoxy groups -OCH3 is 1. The van der Waals surface area contributed by atoms with Gasteiger partial charge in [0.25, 0.3) is 0 Å². The highest BCUT2D eigenvalue weighted by Gasteiger charge is 2.53. The lowest BCUT2D eigenvalue weighted by Gasteiger charge is -2.19. The van der Waals surface area contributed by atoms with Gasteiger partial charge in [-0.1, -0.05) is 18.2 Å². The van der Waals surface area contributed by atoms with Crippen molar-refractivity contribution in [2.45, 2.75) is 23.0 Å². The molecule has 1 aliphatic heterocycles. The lowest BCUT2D eigenvalue weighted by Crippen LogP contribution is -2.42. The van der Waals surface area contributed by atoms with E-state index in [4.69, 9.17) is 0 Å². The van der Waals surface area contributed by atoms with Gasteiger partial charge < -0.3 is 4.74 Å². The molecule has 0 N–H and O–H groups in total. The molecule has 1 atom stereocenters. The van der Waals surface area contributed by atoms with Crippen LogP contribution < -0.4 is 0 Å². The van der Waals surface area contributed by atoms with Crippen LogP contribution in [0.3, 0.4) is 0 Å². The zero-order chi connectivity index (χ0) is 12.0. The number of fused-ring (bicyclic) bond motifs is 1. The van der Waals surface area contributed by atoms with Crippen molar-refractivity contribution in [3.05, 3.63) is 29.8 Å². The minimum atomic E-state index is -3.63. The minimum Gasteiger partial charge on any atom is -0.468 e. The lowest BCUT2D eigenvalue weighted by molar-refractivity contribution is -0.143. The number of carbonyl (C=O) groups excluding carboxylic acids is 1. The van der Waals surface area contributed by atoms with E-state index in [1.807, 2.05) is 0 Å². The van der Waals surface area contributed by atoms with Gasteiger partial charge >= 0.3 is 5.97 Å².